The lowest BCUT2D eigenvalue weighted by molar-refractivity contribution is 0.100. The summed E-state index contributed by atoms with van der Waals surface area (Å²) in [5.41, 5.74) is 5.76. The largest absolute Gasteiger partial charge is 0.328 e. The van der Waals surface area contributed by atoms with Crippen molar-refractivity contribution in [1.29, 1.82) is 0 Å². The minimum absolute atomic E-state index is 0.499. The second-order valence-electron chi connectivity index (χ2n) is 4.62. The summed E-state index contributed by atoms with van der Waals surface area (Å²) in [5.74, 6) is 1.01. The molecule has 2 heteroatoms. The van der Waals surface area contributed by atoms with Crippen molar-refractivity contribution in [2.75, 3.05) is 13.6 Å². The monoisotopic (exact) mass is 168 g/mol. The Bertz CT molecular complexity index is 148. The maximum atomic E-state index is 5.76. The Morgan fingerprint density at radius 3 is 2.42 bits per heavy atom. The average molecular weight is 168 g/mol. The van der Waals surface area contributed by atoms with E-state index in [2.05, 4.69) is 11.9 Å². The fourth-order valence-corrected chi connectivity index (χ4v) is 2.22. The second kappa shape index (κ2) is 3.35. The Kier molecular flexibility index (Phi) is 2.37. The molecule has 2 rings (SSSR count). The first-order chi connectivity index (χ1) is 5.75. The summed E-state index contributed by atoms with van der Waals surface area (Å²) < 4.78 is 0. The SMILES string of the molecule is CN(CC1CCC1)C1CC(N)C1. The van der Waals surface area contributed by atoms with Gasteiger partial charge in [-0.3, -0.25) is 0 Å². The smallest absolute Gasteiger partial charge is 0.0122 e. The van der Waals surface area contributed by atoms with E-state index in [4.69, 9.17) is 5.73 Å². The molecule has 2 aliphatic carbocycles. The van der Waals surface area contributed by atoms with E-state index in [1.807, 2.05) is 0 Å². The third kappa shape index (κ3) is 1.64. The lowest BCUT2D eigenvalue weighted by atomic mass is 9.82. The van der Waals surface area contributed by atoms with Gasteiger partial charge in [0.05, 0.1) is 0 Å². The highest BCUT2D eigenvalue weighted by Crippen LogP contribution is 2.30. The van der Waals surface area contributed by atoms with Gasteiger partial charge in [-0.15, -0.1) is 0 Å². The Balaban J connectivity index is 1.66. The van der Waals surface area contributed by atoms with E-state index in [0.29, 0.717) is 6.04 Å². The fourth-order valence-electron chi connectivity index (χ4n) is 2.22. The van der Waals surface area contributed by atoms with Crippen molar-refractivity contribution in [3.05, 3.63) is 0 Å². The minimum Gasteiger partial charge on any atom is -0.328 e. The van der Waals surface area contributed by atoms with Gasteiger partial charge < -0.3 is 10.6 Å². The normalized spacial score (nSPS) is 36.2. The zero-order valence-electron chi connectivity index (χ0n) is 8.00. The van der Waals surface area contributed by atoms with Crippen molar-refractivity contribution < 1.29 is 0 Å². The number of rotatable bonds is 3. The maximum absolute atomic E-state index is 5.76. The van der Waals surface area contributed by atoms with Gasteiger partial charge in [0.2, 0.25) is 0 Å². The van der Waals surface area contributed by atoms with Gasteiger partial charge in [-0.1, -0.05) is 6.42 Å². The van der Waals surface area contributed by atoms with Gasteiger partial charge in [-0.2, -0.15) is 0 Å². The molecule has 0 bridgehead atoms. The Morgan fingerprint density at radius 1 is 1.33 bits per heavy atom. The standard InChI is InChI=1S/C10H20N2/c1-12(7-8-3-2-4-8)10-5-9(11)6-10/h8-10H,2-7,11H2,1H3. The van der Waals surface area contributed by atoms with Gasteiger partial charge in [0, 0.05) is 18.6 Å². The summed E-state index contributed by atoms with van der Waals surface area (Å²) in [6.07, 6.45) is 6.83. The Morgan fingerprint density at radius 2 is 2.00 bits per heavy atom. The topological polar surface area (TPSA) is 29.3 Å². The van der Waals surface area contributed by atoms with Crippen LogP contribution < -0.4 is 5.73 Å². The molecule has 0 radical (unpaired) electrons. The van der Waals surface area contributed by atoms with Crippen LogP contribution in [0.3, 0.4) is 0 Å². The molecule has 0 unspecified atom stereocenters. The highest BCUT2D eigenvalue weighted by molar-refractivity contribution is 4.89. The van der Waals surface area contributed by atoms with Gasteiger partial charge in [0.1, 0.15) is 0 Å². The van der Waals surface area contributed by atoms with E-state index >= 15 is 0 Å². The molecule has 2 aliphatic rings. The summed E-state index contributed by atoms with van der Waals surface area (Å²) in [5, 5.41) is 0. The van der Waals surface area contributed by atoms with Crippen molar-refractivity contribution in [1.82, 2.24) is 4.90 Å². The fraction of sp³-hybridized carbons (Fsp3) is 1.00. The first-order valence-corrected chi connectivity index (χ1v) is 5.21. The van der Waals surface area contributed by atoms with E-state index in [9.17, 15) is 0 Å². The van der Waals surface area contributed by atoms with E-state index in [0.717, 1.165) is 12.0 Å². The quantitative estimate of drug-likeness (QED) is 0.686. The summed E-state index contributed by atoms with van der Waals surface area (Å²) in [6, 6.07) is 1.31. The van der Waals surface area contributed by atoms with Crippen molar-refractivity contribution in [3.8, 4) is 0 Å². The summed E-state index contributed by atoms with van der Waals surface area (Å²) in [7, 11) is 2.26. The van der Waals surface area contributed by atoms with Crippen LogP contribution >= 0.6 is 0 Å². The molecular formula is C10H20N2. The molecule has 0 amide bonds. The van der Waals surface area contributed by atoms with Crippen molar-refractivity contribution in [2.45, 2.75) is 44.2 Å². The van der Waals surface area contributed by atoms with Crippen LogP contribution in [0.5, 0.6) is 0 Å². The predicted molar refractivity (Wildman–Crippen MR) is 51.0 cm³/mol. The van der Waals surface area contributed by atoms with Gasteiger partial charge >= 0.3 is 0 Å². The molecule has 0 atom stereocenters. The van der Waals surface area contributed by atoms with Crippen molar-refractivity contribution in [2.24, 2.45) is 11.7 Å². The van der Waals surface area contributed by atoms with Gasteiger partial charge in [-0.25, -0.2) is 0 Å². The van der Waals surface area contributed by atoms with Gasteiger partial charge in [0.15, 0.2) is 0 Å². The molecule has 0 aromatic rings. The highest BCUT2D eigenvalue weighted by Gasteiger charge is 2.31. The number of hydrogen-bond donors (Lipinski definition) is 1. The molecule has 0 aromatic heterocycles. The Labute approximate surface area is 75.1 Å². The molecule has 2 N–H and O–H groups in total. The first-order valence-electron chi connectivity index (χ1n) is 5.21. The number of nitrogens with two attached hydrogens (primary N) is 1. The zero-order chi connectivity index (χ0) is 8.55. The molecule has 0 aromatic carbocycles. The summed E-state index contributed by atoms with van der Waals surface area (Å²) >= 11 is 0. The van der Waals surface area contributed by atoms with Crippen LogP contribution in [0, 0.1) is 5.92 Å². The maximum Gasteiger partial charge on any atom is 0.0122 e. The van der Waals surface area contributed by atoms with Crippen LogP contribution in [0.2, 0.25) is 0 Å². The molecule has 0 saturated heterocycles. The first kappa shape index (κ1) is 8.52. The number of nitrogens with zero attached hydrogens (tertiary/aromatic N) is 1. The van der Waals surface area contributed by atoms with Crippen molar-refractivity contribution in [3.63, 3.8) is 0 Å². The molecule has 12 heavy (non-hydrogen) atoms. The summed E-state index contributed by atoms with van der Waals surface area (Å²) in [4.78, 5) is 2.52. The van der Waals surface area contributed by atoms with Crippen LogP contribution in [0.4, 0.5) is 0 Å². The van der Waals surface area contributed by atoms with E-state index < -0.39 is 0 Å². The van der Waals surface area contributed by atoms with Gasteiger partial charge in [-0.05, 0) is 38.6 Å². The molecule has 70 valence electrons. The van der Waals surface area contributed by atoms with Gasteiger partial charge in [0.25, 0.3) is 0 Å². The lowest BCUT2D eigenvalue weighted by Gasteiger charge is -2.42. The molecule has 2 nitrogen and oxygen atoms in total. The van der Waals surface area contributed by atoms with E-state index in [-0.39, 0.29) is 0 Å². The van der Waals surface area contributed by atoms with E-state index in [1.54, 1.807) is 0 Å². The Hall–Kier alpha value is -0.0800. The molecule has 2 fully saturated rings. The van der Waals surface area contributed by atoms with E-state index in [1.165, 1.54) is 38.6 Å². The van der Waals surface area contributed by atoms with Crippen LogP contribution in [0.25, 0.3) is 0 Å². The van der Waals surface area contributed by atoms with Crippen LogP contribution in [-0.2, 0) is 0 Å². The third-order valence-corrected chi connectivity index (χ3v) is 3.54. The number of hydrogen-bond acceptors (Lipinski definition) is 2. The molecule has 0 aliphatic heterocycles. The predicted octanol–water partition coefficient (Wildman–Crippen LogP) is 1.21. The van der Waals surface area contributed by atoms with Crippen LogP contribution in [0.1, 0.15) is 32.1 Å². The van der Waals surface area contributed by atoms with Crippen LogP contribution in [-0.4, -0.2) is 30.6 Å². The summed E-state index contributed by atoms with van der Waals surface area (Å²) in [6.45, 7) is 1.32. The molecule has 0 spiro atoms. The minimum atomic E-state index is 0.499. The average Bonchev–Trinajstić information content (AvgIpc) is 1.90. The molecule has 0 heterocycles. The molecular weight excluding hydrogens is 148 g/mol. The van der Waals surface area contributed by atoms with Crippen molar-refractivity contribution >= 4 is 0 Å². The zero-order valence-corrected chi connectivity index (χ0v) is 8.00. The lowest BCUT2D eigenvalue weighted by Crippen LogP contribution is -2.50. The second-order valence-corrected chi connectivity index (χ2v) is 4.62. The highest BCUT2D eigenvalue weighted by atomic mass is 15.1. The third-order valence-electron chi connectivity index (χ3n) is 3.54. The van der Waals surface area contributed by atoms with Crippen LogP contribution in [0.15, 0.2) is 0 Å². The molecule has 2 saturated carbocycles.